The quantitative estimate of drug-likeness (QED) is 0.734. The number of rotatable bonds is 2. The second kappa shape index (κ2) is 5.64. The van der Waals surface area contributed by atoms with Crippen molar-refractivity contribution in [2.45, 2.75) is 50.7 Å². The number of carbonyl (C=O) groups is 1. The molecular formula is C12H21NO3. The number of carbonyl (C=O) groups excluding carboxylic acids is 1. The summed E-state index contributed by atoms with van der Waals surface area (Å²) >= 11 is 0. The van der Waals surface area contributed by atoms with Gasteiger partial charge in [0.1, 0.15) is 0 Å². The van der Waals surface area contributed by atoms with Crippen LogP contribution in [0, 0.1) is 5.92 Å². The van der Waals surface area contributed by atoms with Crippen LogP contribution < -0.4 is 5.32 Å². The molecule has 1 atom stereocenters. The van der Waals surface area contributed by atoms with Crippen LogP contribution in [0.1, 0.15) is 38.5 Å². The first-order valence-electron chi connectivity index (χ1n) is 6.32. The molecule has 2 N–H and O–H groups in total. The van der Waals surface area contributed by atoms with Crippen LogP contribution in [0.15, 0.2) is 0 Å². The van der Waals surface area contributed by atoms with Gasteiger partial charge >= 0.3 is 0 Å². The number of hydrogen-bond acceptors (Lipinski definition) is 3. The topological polar surface area (TPSA) is 58.6 Å². The number of aliphatic hydroxyl groups is 1. The molecule has 0 aromatic carbocycles. The lowest BCUT2D eigenvalue weighted by atomic mass is 9.92. The smallest absolute Gasteiger partial charge is 0.225 e. The van der Waals surface area contributed by atoms with E-state index in [-0.39, 0.29) is 24.0 Å². The van der Waals surface area contributed by atoms with Gasteiger partial charge in [-0.2, -0.15) is 0 Å². The van der Waals surface area contributed by atoms with Gasteiger partial charge in [0, 0.05) is 12.6 Å². The summed E-state index contributed by atoms with van der Waals surface area (Å²) in [5.74, 6) is 0.182. The molecule has 2 fully saturated rings. The molecule has 2 aliphatic rings. The lowest BCUT2D eigenvalue weighted by molar-refractivity contribution is -0.130. The van der Waals surface area contributed by atoms with Gasteiger partial charge in [0.05, 0.1) is 18.6 Å². The third-order valence-electron chi connectivity index (χ3n) is 3.57. The first kappa shape index (κ1) is 11.9. The molecule has 92 valence electrons. The van der Waals surface area contributed by atoms with E-state index in [1.165, 1.54) is 0 Å². The molecule has 1 unspecified atom stereocenters. The summed E-state index contributed by atoms with van der Waals surface area (Å²) in [4.78, 5) is 11.9. The van der Waals surface area contributed by atoms with Crippen molar-refractivity contribution in [3.63, 3.8) is 0 Å². The summed E-state index contributed by atoms with van der Waals surface area (Å²) < 4.78 is 5.31. The van der Waals surface area contributed by atoms with E-state index in [2.05, 4.69) is 5.32 Å². The van der Waals surface area contributed by atoms with E-state index in [4.69, 9.17) is 4.74 Å². The summed E-state index contributed by atoms with van der Waals surface area (Å²) in [7, 11) is 0. The first-order chi connectivity index (χ1) is 7.75. The molecule has 1 aliphatic carbocycles. The average molecular weight is 227 g/mol. The minimum absolute atomic E-state index is 0.0422. The highest BCUT2D eigenvalue weighted by Gasteiger charge is 2.26. The van der Waals surface area contributed by atoms with Crippen LogP contribution in [-0.4, -0.2) is 36.4 Å². The Labute approximate surface area is 96.4 Å². The van der Waals surface area contributed by atoms with Crippen molar-refractivity contribution in [3.05, 3.63) is 0 Å². The largest absolute Gasteiger partial charge is 0.393 e. The predicted molar refractivity (Wildman–Crippen MR) is 59.9 cm³/mol. The molecule has 1 aliphatic heterocycles. The van der Waals surface area contributed by atoms with Gasteiger partial charge in [-0.25, -0.2) is 0 Å². The van der Waals surface area contributed by atoms with Gasteiger partial charge in [-0.1, -0.05) is 0 Å². The Morgan fingerprint density at radius 2 is 1.94 bits per heavy atom. The normalized spacial score (nSPS) is 35.7. The summed E-state index contributed by atoms with van der Waals surface area (Å²) in [6.07, 6.45) is 5.20. The van der Waals surface area contributed by atoms with Crippen LogP contribution in [0.2, 0.25) is 0 Å². The van der Waals surface area contributed by atoms with Crippen LogP contribution in [0.3, 0.4) is 0 Å². The van der Waals surface area contributed by atoms with Crippen molar-refractivity contribution < 1.29 is 14.6 Å². The lowest BCUT2D eigenvalue weighted by Gasteiger charge is -2.29. The Kier molecular flexibility index (Phi) is 4.18. The fourth-order valence-corrected chi connectivity index (χ4v) is 2.49. The zero-order chi connectivity index (χ0) is 11.4. The van der Waals surface area contributed by atoms with E-state index in [0.29, 0.717) is 6.61 Å². The molecule has 1 heterocycles. The standard InChI is InChI=1S/C12H21NO3/c14-11-5-3-10(4-6-11)13-12(15)9-2-1-7-16-8-9/h9-11,14H,1-8H2,(H,13,15). The second-order valence-electron chi connectivity index (χ2n) is 4.93. The molecule has 1 saturated carbocycles. The van der Waals surface area contributed by atoms with Crippen LogP contribution >= 0.6 is 0 Å². The van der Waals surface area contributed by atoms with E-state index in [1.807, 2.05) is 0 Å². The molecule has 0 radical (unpaired) electrons. The fourth-order valence-electron chi connectivity index (χ4n) is 2.49. The Bertz CT molecular complexity index is 230. The summed E-state index contributed by atoms with van der Waals surface area (Å²) in [6.45, 7) is 1.36. The van der Waals surface area contributed by atoms with Crippen LogP contribution in [0.4, 0.5) is 0 Å². The van der Waals surface area contributed by atoms with Gasteiger partial charge in [-0.15, -0.1) is 0 Å². The van der Waals surface area contributed by atoms with Gasteiger partial charge in [0.15, 0.2) is 0 Å². The molecule has 0 bridgehead atoms. The highest BCUT2D eigenvalue weighted by atomic mass is 16.5. The van der Waals surface area contributed by atoms with Crippen LogP contribution in [0.25, 0.3) is 0 Å². The number of hydrogen-bond donors (Lipinski definition) is 2. The van der Waals surface area contributed by atoms with Crippen molar-refractivity contribution in [1.29, 1.82) is 0 Å². The van der Waals surface area contributed by atoms with E-state index in [0.717, 1.165) is 45.1 Å². The second-order valence-corrected chi connectivity index (χ2v) is 4.93. The third-order valence-corrected chi connectivity index (χ3v) is 3.57. The Hall–Kier alpha value is -0.610. The van der Waals surface area contributed by atoms with Crippen molar-refractivity contribution in [1.82, 2.24) is 5.32 Å². The first-order valence-corrected chi connectivity index (χ1v) is 6.32. The summed E-state index contributed by atoms with van der Waals surface area (Å²) in [5.41, 5.74) is 0. The minimum atomic E-state index is -0.161. The number of amides is 1. The number of aliphatic hydroxyl groups excluding tert-OH is 1. The van der Waals surface area contributed by atoms with Gasteiger partial charge in [0.25, 0.3) is 0 Å². The molecule has 0 aromatic heterocycles. The highest BCUT2D eigenvalue weighted by molar-refractivity contribution is 5.79. The Morgan fingerprint density at radius 1 is 1.19 bits per heavy atom. The lowest BCUT2D eigenvalue weighted by Crippen LogP contribution is -2.43. The van der Waals surface area contributed by atoms with Crippen LogP contribution in [-0.2, 0) is 9.53 Å². The van der Waals surface area contributed by atoms with Crippen molar-refractivity contribution >= 4 is 5.91 Å². The molecule has 0 spiro atoms. The maximum atomic E-state index is 11.9. The molecule has 2 rings (SSSR count). The molecule has 4 nitrogen and oxygen atoms in total. The monoisotopic (exact) mass is 227 g/mol. The van der Waals surface area contributed by atoms with Crippen LogP contribution in [0.5, 0.6) is 0 Å². The van der Waals surface area contributed by atoms with Crippen molar-refractivity contribution in [2.75, 3.05) is 13.2 Å². The highest BCUT2D eigenvalue weighted by Crippen LogP contribution is 2.20. The molecule has 1 amide bonds. The summed E-state index contributed by atoms with van der Waals surface area (Å²) in [5, 5.41) is 12.5. The predicted octanol–water partition coefficient (Wildman–Crippen LogP) is 0.833. The molecular weight excluding hydrogens is 206 g/mol. The fraction of sp³-hybridized carbons (Fsp3) is 0.917. The zero-order valence-electron chi connectivity index (χ0n) is 9.65. The number of ether oxygens (including phenoxy) is 1. The Balaban J connectivity index is 1.73. The maximum absolute atomic E-state index is 11.9. The van der Waals surface area contributed by atoms with Crippen molar-refractivity contribution in [3.8, 4) is 0 Å². The third kappa shape index (κ3) is 3.19. The SMILES string of the molecule is O=C(NC1CCC(O)CC1)C1CCCOC1. The zero-order valence-corrected chi connectivity index (χ0v) is 9.65. The molecule has 1 saturated heterocycles. The van der Waals surface area contributed by atoms with Gasteiger partial charge in [0.2, 0.25) is 5.91 Å². The van der Waals surface area contributed by atoms with E-state index >= 15 is 0 Å². The van der Waals surface area contributed by atoms with E-state index in [1.54, 1.807) is 0 Å². The molecule has 4 heteroatoms. The summed E-state index contributed by atoms with van der Waals surface area (Å²) in [6, 6.07) is 0.262. The molecule has 16 heavy (non-hydrogen) atoms. The van der Waals surface area contributed by atoms with Gasteiger partial charge in [-0.3, -0.25) is 4.79 Å². The van der Waals surface area contributed by atoms with Crippen molar-refractivity contribution in [2.24, 2.45) is 5.92 Å². The molecule has 0 aromatic rings. The number of nitrogens with one attached hydrogen (secondary N) is 1. The average Bonchev–Trinajstić information content (AvgIpc) is 2.33. The maximum Gasteiger partial charge on any atom is 0.225 e. The van der Waals surface area contributed by atoms with E-state index in [9.17, 15) is 9.90 Å². The van der Waals surface area contributed by atoms with Gasteiger partial charge in [-0.05, 0) is 38.5 Å². The van der Waals surface area contributed by atoms with Gasteiger partial charge < -0.3 is 15.2 Å². The minimum Gasteiger partial charge on any atom is -0.393 e. The Morgan fingerprint density at radius 3 is 2.56 bits per heavy atom. The van der Waals surface area contributed by atoms with E-state index < -0.39 is 0 Å².